The van der Waals surface area contributed by atoms with Gasteiger partial charge in [-0.3, -0.25) is 9.59 Å². The van der Waals surface area contributed by atoms with Gasteiger partial charge >= 0.3 is 0 Å². The molecule has 2 aromatic carbocycles. The van der Waals surface area contributed by atoms with Crippen molar-refractivity contribution in [3.63, 3.8) is 0 Å². The summed E-state index contributed by atoms with van der Waals surface area (Å²) >= 11 is 0. The molecule has 0 heterocycles. The average molecular weight is 266 g/mol. The van der Waals surface area contributed by atoms with Gasteiger partial charge in [0.1, 0.15) is 11.7 Å². The summed E-state index contributed by atoms with van der Waals surface area (Å²) in [6.07, 6.45) is 0. The van der Waals surface area contributed by atoms with Crippen LogP contribution in [0.2, 0.25) is 0 Å². The molecule has 3 nitrogen and oxygen atoms in total. The van der Waals surface area contributed by atoms with Gasteiger partial charge in [-0.25, -0.2) is 0 Å². The van der Waals surface area contributed by atoms with Gasteiger partial charge in [0, 0.05) is 11.1 Å². The van der Waals surface area contributed by atoms with Crippen LogP contribution in [0.4, 0.5) is 0 Å². The van der Waals surface area contributed by atoms with Crippen molar-refractivity contribution < 1.29 is 14.3 Å². The molecule has 0 saturated heterocycles. The molecule has 3 rings (SSSR count). The summed E-state index contributed by atoms with van der Waals surface area (Å²) in [7, 11) is 1.60. The number of fused-ring (bicyclic) bond motifs is 1. The van der Waals surface area contributed by atoms with Crippen LogP contribution in [0.1, 0.15) is 37.8 Å². The molecule has 20 heavy (non-hydrogen) atoms. The molecule has 0 saturated carbocycles. The lowest BCUT2D eigenvalue weighted by Crippen LogP contribution is -2.13. The molecule has 0 spiro atoms. The fourth-order valence-corrected chi connectivity index (χ4v) is 2.73. The van der Waals surface area contributed by atoms with E-state index >= 15 is 0 Å². The first-order valence-corrected chi connectivity index (χ1v) is 6.45. The highest BCUT2D eigenvalue weighted by Gasteiger charge is 2.39. The third-order valence-electron chi connectivity index (χ3n) is 3.73. The molecule has 0 amide bonds. The highest BCUT2D eigenvalue weighted by atomic mass is 16.5. The maximum atomic E-state index is 12.4. The summed E-state index contributed by atoms with van der Waals surface area (Å²) in [5, 5.41) is 0. The molecule has 1 aliphatic rings. The van der Waals surface area contributed by atoms with E-state index in [1.165, 1.54) is 0 Å². The van der Waals surface area contributed by atoms with E-state index in [1.807, 2.05) is 13.0 Å². The van der Waals surface area contributed by atoms with E-state index in [0.29, 0.717) is 11.1 Å². The van der Waals surface area contributed by atoms with Crippen molar-refractivity contribution in [2.75, 3.05) is 7.11 Å². The Morgan fingerprint density at radius 3 is 2.05 bits per heavy atom. The predicted octanol–water partition coefficient (Wildman–Crippen LogP) is 3.17. The van der Waals surface area contributed by atoms with E-state index in [2.05, 4.69) is 0 Å². The van der Waals surface area contributed by atoms with Crippen molar-refractivity contribution in [3.8, 4) is 5.75 Å². The smallest absolute Gasteiger partial charge is 0.178 e. The number of hydrogen-bond donors (Lipinski definition) is 0. The second kappa shape index (κ2) is 4.60. The van der Waals surface area contributed by atoms with Crippen LogP contribution >= 0.6 is 0 Å². The normalized spacial score (nSPS) is 14.5. The van der Waals surface area contributed by atoms with E-state index < -0.39 is 5.92 Å². The standard InChI is InChI=1S/C17H14O3/c1-10-9-11(7-8-14(10)20-2)15-16(18)12-5-3-4-6-13(12)17(15)19/h3-9,15H,1-2H3. The molecule has 0 N–H and O–H groups in total. The van der Waals surface area contributed by atoms with E-state index in [1.54, 1.807) is 43.5 Å². The molecule has 0 bridgehead atoms. The van der Waals surface area contributed by atoms with Gasteiger partial charge in [0.05, 0.1) is 7.11 Å². The SMILES string of the molecule is COc1ccc(C2C(=O)c3ccccc3C2=O)cc1C. The highest BCUT2D eigenvalue weighted by Crippen LogP contribution is 2.35. The lowest BCUT2D eigenvalue weighted by atomic mass is 9.93. The predicted molar refractivity (Wildman–Crippen MR) is 75.6 cm³/mol. The minimum atomic E-state index is -0.711. The van der Waals surface area contributed by atoms with Crippen molar-refractivity contribution >= 4 is 11.6 Å². The van der Waals surface area contributed by atoms with Gasteiger partial charge < -0.3 is 4.74 Å². The minimum absolute atomic E-state index is 0.116. The topological polar surface area (TPSA) is 43.4 Å². The average Bonchev–Trinajstić information content (AvgIpc) is 2.71. The van der Waals surface area contributed by atoms with Gasteiger partial charge in [-0.1, -0.05) is 36.4 Å². The first-order chi connectivity index (χ1) is 9.63. The summed E-state index contributed by atoms with van der Waals surface area (Å²) in [5.74, 6) is -0.188. The maximum Gasteiger partial charge on any atom is 0.178 e. The third-order valence-corrected chi connectivity index (χ3v) is 3.73. The Kier molecular flexibility index (Phi) is 2.90. The lowest BCUT2D eigenvalue weighted by Gasteiger charge is -2.11. The van der Waals surface area contributed by atoms with Gasteiger partial charge in [0.25, 0.3) is 0 Å². The molecule has 0 radical (unpaired) electrons. The number of aryl methyl sites for hydroxylation is 1. The monoisotopic (exact) mass is 266 g/mol. The molecule has 1 aliphatic carbocycles. The van der Waals surface area contributed by atoms with E-state index in [4.69, 9.17) is 4.74 Å². The summed E-state index contributed by atoms with van der Waals surface area (Å²) < 4.78 is 5.21. The van der Waals surface area contributed by atoms with Crippen LogP contribution in [0.5, 0.6) is 5.75 Å². The zero-order valence-electron chi connectivity index (χ0n) is 11.3. The van der Waals surface area contributed by atoms with Crippen molar-refractivity contribution in [1.29, 1.82) is 0 Å². The molecule has 0 fully saturated rings. The largest absolute Gasteiger partial charge is 0.496 e. The van der Waals surface area contributed by atoms with Crippen molar-refractivity contribution in [2.24, 2.45) is 0 Å². The number of Topliss-reactive ketones (excluding diaryl/α,β-unsaturated/α-hetero) is 2. The Morgan fingerprint density at radius 2 is 1.55 bits per heavy atom. The van der Waals surface area contributed by atoms with Crippen LogP contribution < -0.4 is 4.74 Å². The van der Waals surface area contributed by atoms with E-state index in [-0.39, 0.29) is 11.6 Å². The fraction of sp³-hybridized carbons (Fsp3) is 0.176. The molecular formula is C17H14O3. The molecule has 2 aromatic rings. The summed E-state index contributed by atoms with van der Waals surface area (Å²) in [4.78, 5) is 24.8. The van der Waals surface area contributed by atoms with Crippen LogP contribution in [-0.4, -0.2) is 18.7 Å². The number of carbonyl (C=O) groups is 2. The second-order valence-electron chi connectivity index (χ2n) is 4.94. The number of carbonyl (C=O) groups excluding carboxylic acids is 2. The first-order valence-electron chi connectivity index (χ1n) is 6.45. The van der Waals surface area contributed by atoms with Gasteiger partial charge in [-0.05, 0) is 24.1 Å². The Hall–Kier alpha value is -2.42. The fourth-order valence-electron chi connectivity index (χ4n) is 2.73. The van der Waals surface area contributed by atoms with Crippen molar-refractivity contribution in [2.45, 2.75) is 12.8 Å². The summed E-state index contributed by atoms with van der Waals surface area (Å²) in [6.45, 7) is 1.90. The van der Waals surface area contributed by atoms with Crippen LogP contribution in [0, 0.1) is 6.92 Å². The number of benzene rings is 2. The number of methoxy groups -OCH3 is 1. The zero-order valence-corrected chi connectivity index (χ0v) is 11.3. The summed E-state index contributed by atoms with van der Waals surface area (Å²) in [6, 6.07) is 12.4. The second-order valence-corrected chi connectivity index (χ2v) is 4.94. The molecule has 100 valence electrons. The van der Waals surface area contributed by atoms with Crippen LogP contribution in [0.15, 0.2) is 42.5 Å². The molecule has 0 aliphatic heterocycles. The number of rotatable bonds is 2. The van der Waals surface area contributed by atoms with Crippen molar-refractivity contribution in [1.82, 2.24) is 0 Å². The zero-order chi connectivity index (χ0) is 14.3. The maximum absolute atomic E-state index is 12.4. The van der Waals surface area contributed by atoms with Gasteiger partial charge in [0.15, 0.2) is 11.6 Å². The Morgan fingerprint density at radius 1 is 0.950 bits per heavy atom. The summed E-state index contributed by atoms with van der Waals surface area (Å²) in [5.41, 5.74) is 2.70. The Labute approximate surface area is 117 Å². The van der Waals surface area contributed by atoms with Crippen LogP contribution in [0.3, 0.4) is 0 Å². The Balaban J connectivity index is 2.07. The van der Waals surface area contributed by atoms with Gasteiger partial charge in [-0.2, -0.15) is 0 Å². The van der Waals surface area contributed by atoms with Gasteiger partial charge in [0.2, 0.25) is 0 Å². The number of hydrogen-bond acceptors (Lipinski definition) is 3. The molecule has 0 atom stereocenters. The lowest BCUT2D eigenvalue weighted by molar-refractivity contribution is 0.0890. The number of ketones is 2. The molecule has 0 unspecified atom stereocenters. The van der Waals surface area contributed by atoms with Crippen molar-refractivity contribution in [3.05, 3.63) is 64.7 Å². The first kappa shape index (κ1) is 12.6. The highest BCUT2D eigenvalue weighted by molar-refractivity contribution is 6.29. The third kappa shape index (κ3) is 1.74. The van der Waals surface area contributed by atoms with E-state index in [0.717, 1.165) is 16.9 Å². The molecule has 3 heteroatoms. The minimum Gasteiger partial charge on any atom is -0.496 e. The van der Waals surface area contributed by atoms with E-state index in [9.17, 15) is 9.59 Å². The number of ether oxygens (including phenoxy) is 1. The Bertz CT molecular complexity index is 681. The quantitative estimate of drug-likeness (QED) is 0.784. The van der Waals surface area contributed by atoms with Crippen LogP contribution in [0.25, 0.3) is 0 Å². The van der Waals surface area contributed by atoms with Crippen LogP contribution in [-0.2, 0) is 0 Å². The van der Waals surface area contributed by atoms with Gasteiger partial charge in [-0.15, -0.1) is 0 Å². The molecular weight excluding hydrogens is 252 g/mol. The molecule has 0 aromatic heterocycles.